The summed E-state index contributed by atoms with van der Waals surface area (Å²) in [7, 11) is 0. The summed E-state index contributed by atoms with van der Waals surface area (Å²) in [5, 5.41) is 0. The highest BCUT2D eigenvalue weighted by molar-refractivity contribution is 5.76. The van der Waals surface area contributed by atoms with Gasteiger partial charge in [0.25, 0.3) is 0 Å². The van der Waals surface area contributed by atoms with Crippen LogP contribution in [-0.2, 0) is 4.79 Å². The lowest BCUT2D eigenvalue weighted by molar-refractivity contribution is -0.132. The minimum atomic E-state index is -0.113. The van der Waals surface area contributed by atoms with E-state index in [1.165, 1.54) is 6.07 Å². The van der Waals surface area contributed by atoms with Gasteiger partial charge >= 0.3 is 0 Å². The van der Waals surface area contributed by atoms with Gasteiger partial charge in [0.1, 0.15) is 5.82 Å². The summed E-state index contributed by atoms with van der Waals surface area (Å²) in [6, 6.07) is 7.00. The molecule has 0 aliphatic carbocycles. The molecule has 1 fully saturated rings. The Balaban J connectivity index is 1.89. The summed E-state index contributed by atoms with van der Waals surface area (Å²) >= 11 is 0. The molecule has 2 nitrogen and oxygen atoms in total. The van der Waals surface area contributed by atoms with Crippen LogP contribution in [0, 0.1) is 5.82 Å². The van der Waals surface area contributed by atoms with E-state index in [2.05, 4.69) is 6.92 Å². The van der Waals surface area contributed by atoms with E-state index >= 15 is 0 Å². The molecule has 1 heterocycles. The third-order valence-electron chi connectivity index (χ3n) is 3.94. The quantitative estimate of drug-likeness (QED) is 0.810. The zero-order valence-electron chi connectivity index (χ0n) is 11.6. The van der Waals surface area contributed by atoms with Gasteiger partial charge in [-0.2, -0.15) is 0 Å². The van der Waals surface area contributed by atoms with E-state index in [1.807, 2.05) is 17.0 Å². The van der Waals surface area contributed by atoms with E-state index in [4.69, 9.17) is 0 Å². The van der Waals surface area contributed by atoms with Crippen LogP contribution in [0.4, 0.5) is 4.39 Å². The van der Waals surface area contributed by atoms with Gasteiger partial charge in [-0.15, -0.1) is 0 Å². The molecule has 104 valence electrons. The highest BCUT2D eigenvalue weighted by Gasteiger charge is 2.24. The van der Waals surface area contributed by atoms with Gasteiger partial charge in [0.05, 0.1) is 0 Å². The number of rotatable bonds is 4. The fraction of sp³-hybridized carbons (Fsp3) is 0.562. The van der Waals surface area contributed by atoms with Crippen molar-refractivity contribution in [1.29, 1.82) is 0 Å². The second-order valence-electron chi connectivity index (χ2n) is 5.28. The first-order chi connectivity index (χ1) is 9.22. The molecule has 1 aliphatic heterocycles. The van der Waals surface area contributed by atoms with Gasteiger partial charge in [-0.3, -0.25) is 4.79 Å². The van der Waals surface area contributed by atoms with Crippen LogP contribution in [0.2, 0.25) is 0 Å². The van der Waals surface area contributed by atoms with Crippen molar-refractivity contribution in [2.45, 2.75) is 44.9 Å². The molecule has 1 aliphatic rings. The summed E-state index contributed by atoms with van der Waals surface area (Å²) in [6.07, 6.45) is 4.42. The van der Waals surface area contributed by atoms with E-state index < -0.39 is 0 Å². The Morgan fingerprint density at radius 1 is 1.32 bits per heavy atom. The Kier molecular flexibility index (Phi) is 4.94. The molecule has 0 atom stereocenters. The van der Waals surface area contributed by atoms with Gasteiger partial charge in [-0.1, -0.05) is 31.5 Å². The number of carbonyl (C=O) groups excluding carboxylic acids is 1. The second-order valence-corrected chi connectivity index (χ2v) is 5.28. The van der Waals surface area contributed by atoms with Crippen LogP contribution in [0.25, 0.3) is 0 Å². The summed E-state index contributed by atoms with van der Waals surface area (Å²) in [5.41, 5.74) is 0.808. The number of carbonyl (C=O) groups is 1. The number of nitrogens with zero attached hydrogens (tertiary/aromatic N) is 1. The number of halogens is 1. The van der Waals surface area contributed by atoms with Gasteiger partial charge in [-0.05, 0) is 36.8 Å². The lowest BCUT2D eigenvalue weighted by Gasteiger charge is -2.32. The molecule has 19 heavy (non-hydrogen) atoms. The fourth-order valence-corrected chi connectivity index (χ4v) is 2.73. The number of benzene rings is 1. The molecule has 0 radical (unpaired) electrons. The van der Waals surface area contributed by atoms with Crippen molar-refractivity contribution in [1.82, 2.24) is 4.90 Å². The minimum absolute atomic E-state index is 0.113. The Bertz CT molecular complexity index is 425. The summed E-state index contributed by atoms with van der Waals surface area (Å²) < 4.78 is 13.7. The molecule has 1 aromatic carbocycles. The van der Waals surface area contributed by atoms with Gasteiger partial charge in [0.15, 0.2) is 0 Å². The van der Waals surface area contributed by atoms with E-state index in [-0.39, 0.29) is 17.6 Å². The first kappa shape index (κ1) is 14.0. The Morgan fingerprint density at radius 2 is 2.00 bits per heavy atom. The van der Waals surface area contributed by atoms with Crippen molar-refractivity contribution in [2.24, 2.45) is 0 Å². The summed E-state index contributed by atoms with van der Waals surface area (Å²) in [6.45, 7) is 3.63. The van der Waals surface area contributed by atoms with Gasteiger partial charge < -0.3 is 4.90 Å². The molecule has 3 heteroatoms. The second kappa shape index (κ2) is 6.69. The van der Waals surface area contributed by atoms with Crippen LogP contribution in [0.15, 0.2) is 24.3 Å². The van der Waals surface area contributed by atoms with Crippen LogP contribution >= 0.6 is 0 Å². The maximum atomic E-state index is 13.7. The highest BCUT2D eigenvalue weighted by Crippen LogP contribution is 2.29. The van der Waals surface area contributed by atoms with Crippen molar-refractivity contribution in [3.05, 3.63) is 35.6 Å². The maximum absolute atomic E-state index is 13.7. The molecule has 0 saturated carbocycles. The van der Waals surface area contributed by atoms with Crippen LogP contribution in [0.3, 0.4) is 0 Å². The number of hydrogen-bond donors (Lipinski definition) is 0. The predicted octanol–water partition coefficient (Wildman–Crippen LogP) is 3.72. The van der Waals surface area contributed by atoms with Crippen molar-refractivity contribution in [3.8, 4) is 0 Å². The summed E-state index contributed by atoms with van der Waals surface area (Å²) in [4.78, 5) is 13.9. The van der Waals surface area contributed by atoms with Crippen LogP contribution in [0.5, 0.6) is 0 Å². The third kappa shape index (κ3) is 3.55. The van der Waals surface area contributed by atoms with E-state index in [0.717, 1.165) is 44.3 Å². The molecule has 1 saturated heterocycles. The average molecular weight is 263 g/mol. The smallest absolute Gasteiger partial charge is 0.222 e. The number of hydrogen-bond acceptors (Lipinski definition) is 1. The molecule has 0 bridgehead atoms. The van der Waals surface area contributed by atoms with E-state index in [1.54, 1.807) is 6.07 Å². The average Bonchev–Trinajstić information content (AvgIpc) is 2.45. The summed E-state index contributed by atoms with van der Waals surface area (Å²) in [5.74, 6) is 0.406. The first-order valence-electron chi connectivity index (χ1n) is 7.24. The lowest BCUT2D eigenvalue weighted by Crippen LogP contribution is -2.37. The maximum Gasteiger partial charge on any atom is 0.222 e. The lowest BCUT2D eigenvalue weighted by atomic mass is 9.89. The third-order valence-corrected chi connectivity index (χ3v) is 3.94. The van der Waals surface area contributed by atoms with E-state index in [0.29, 0.717) is 6.42 Å². The standard InChI is InChI=1S/C16H22FNO/c1-2-3-8-16(19)18-11-9-13(10-12-18)14-6-4-5-7-15(14)17/h4-7,13H,2-3,8-12H2,1H3. The molecule has 1 aromatic rings. The Morgan fingerprint density at radius 3 is 2.63 bits per heavy atom. The number of amides is 1. The van der Waals surface area contributed by atoms with Crippen LogP contribution < -0.4 is 0 Å². The molecule has 1 amide bonds. The molecular weight excluding hydrogens is 241 g/mol. The molecular formula is C16H22FNO. The van der Waals surface area contributed by atoms with Gasteiger partial charge in [-0.25, -0.2) is 4.39 Å². The van der Waals surface area contributed by atoms with Crippen molar-refractivity contribution in [2.75, 3.05) is 13.1 Å². The largest absolute Gasteiger partial charge is 0.343 e. The number of likely N-dealkylation sites (tertiary alicyclic amines) is 1. The van der Waals surface area contributed by atoms with Crippen molar-refractivity contribution < 1.29 is 9.18 Å². The zero-order valence-corrected chi connectivity index (χ0v) is 11.6. The van der Waals surface area contributed by atoms with Crippen LogP contribution in [0.1, 0.15) is 50.5 Å². The fourth-order valence-electron chi connectivity index (χ4n) is 2.73. The number of piperidine rings is 1. The van der Waals surface area contributed by atoms with E-state index in [9.17, 15) is 9.18 Å². The molecule has 0 N–H and O–H groups in total. The molecule has 0 spiro atoms. The minimum Gasteiger partial charge on any atom is -0.343 e. The first-order valence-corrected chi connectivity index (χ1v) is 7.24. The Labute approximate surface area is 114 Å². The zero-order chi connectivity index (χ0) is 13.7. The normalized spacial score (nSPS) is 16.6. The van der Waals surface area contributed by atoms with Gasteiger partial charge in [0.2, 0.25) is 5.91 Å². The molecule has 0 aromatic heterocycles. The molecule has 0 unspecified atom stereocenters. The van der Waals surface area contributed by atoms with Crippen LogP contribution in [-0.4, -0.2) is 23.9 Å². The highest BCUT2D eigenvalue weighted by atomic mass is 19.1. The van der Waals surface area contributed by atoms with Gasteiger partial charge in [0, 0.05) is 19.5 Å². The topological polar surface area (TPSA) is 20.3 Å². The monoisotopic (exact) mass is 263 g/mol. The Hall–Kier alpha value is -1.38. The predicted molar refractivity (Wildman–Crippen MR) is 74.5 cm³/mol. The SMILES string of the molecule is CCCCC(=O)N1CCC(c2ccccc2F)CC1. The molecule has 2 rings (SSSR count). The van der Waals surface area contributed by atoms with Crippen molar-refractivity contribution >= 4 is 5.91 Å². The number of unbranched alkanes of at least 4 members (excludes halogenated alkanes) is 1. The van der Waals surface area contributed by atoms with Crippen molar-refractivity contribution in [3.63, 3.8) is 0 Å².